The lowest BCUT2D eigenvalue weighted by Gasteiger charge is -2.28. The van der Waals surface area contributed by atoms with Gasteiger partial charge >= 0.3 is 7.82 Å². The van der Waals surface area contributed by atoms with Gasteiger partial charge in [0.2, 0.25) is 0 Å². The van der Waals surface area contributed by atoms with Gasteiger partial charge in [-0.25, -0.2) is 4.57 Å². The van der Waals surface area contributed by atoms with E-state index in [4.69, 9.17) is 9.79 Å². The molecule has 0 radical (unpaired) electrons. The molecule has 16 heavy (non-hydrogen) atoms. The minimum absolute atomic E-state index is 0.529. The molecular weight excluding hydrogens is 229 g/mol. The Morgan fingerprint density at radius 3 is 1.94 bits per heavy atom. The first kappa shape index (κ1) is 16.1. The average molecular weight is 253 g/mol. The first-order valence-electron chi connectivity index (χ1n) is 5.88. The number of hydrogen-bond acceptors (Lipinski definition) is 3. The van der Waals surface area contributed by atoms with Gasteiger partial charge in [0.05, 0.1) is 0 Å². The van der Waals surface area contributed by atoms with Crippen molar-refractivity contribution in [2.24, 2.45) is 0 Å². The van der Waals surface area contributed by atoms with Crippen LogP contribution in [0.5, 0.6) is 0 Å². The van der Waals surface area contributed by atoms with Crippen molar-refractivity contribution >= 4 is 7.82 Å². The van der Waals surface area contributed by atoms with Gasteiger partial charge in [-0.3, -0.25) is 9.42 Å². The minimum atomic E-state index is -4.38. The normalized spacial score (nSPS) is 14.4. The van der Waals surface area contributed by atoms with Gasteiger partial charge in [0, 0.05) is 13.1 Å². The van der Waals surface area contributed by atoms with E-state index in [-0.39, 0.29) is 0 Å². The van der Waals surface area contributed by atoms with Crippen LogP contribution in [-0.2, 0) is 9.09 Å². The molecule has 0 fully saturated rings. The molecule has 5 nitrogen and oxygen atoms in total. The minimum Gasteiger partial charge on any atom is -0.303 e. The van der Waals surface area contributed by atoms with Crippen LogP contribution in [0.4, 0.5) is 0 Å². The molecule has 0 saturated carbocycles. The second-order valence-corrected chi connectivity index (χ2v) is 5.13. The molecule has 0 aliphatic rings. The van der Waals surface area contributed by atoms with Crippen LogP contribution < -0.4 is 0 Å². The molecule has 0 aromatic carbocycles. The molecule has 0 aliphatic carbocycles. The molecule has 0 rings (SSSR count). The number of rotatable bonds is 9. The Kier molecular flexibility index (Phi) is 8.24. The summed E-state index contributed by atoms with van der Waals surface area (Å²) < 4.78 is 15.4. The fraction of sp³-hybridized carbons (Fsp3) is 1.00. The fourth-order valence-electron chi connectivity index (χ4n) is 1.46. The molecule has 0 bridgehead atoms. The van der Waals surface area contributed by atoms with E-state index in [9.17, 15) is 4.57 Å². The van der Waals surface area contributed by atoms with Gasteiger partial charge in [-0.05, 0) is 19.8 Å². The number of hydrogen-bond donors (Lipinski definition) is 2. The smallest absolute Gasteiger partial charge is 0.303 e. The third-order valence-electron chi connectivity index (χ3n) is 2.40. The van der Waals surface area contributed by atoms with Crippen LogP contribution in [0.25, 0.3) is 0 Å². The van der Waals surface area contributed by atoms with Gasteiger partial charge in [0.25, 0.3) is 0 Å². The lowest BCUT2D eigenvalue weighted by atomic mass is 10.2. The molecule has 0 amide bonds. The van der Waals surface area contributed by atoms with Gasteiger partial charge in [0.1, 0.15) is 6.23 Å². The molecule has 2 N–H and O–H groups in total. The molecule has 1 unspecified atom stereocenters. The van der Waals surface area contributed by atoms with E-state index in [0.717, 1.165) is 38.8 Å². The van der Waals surface area contributed by atoms with E-state index in [1.807, 2.05) is 4.90 Å². The summed E-state index contributed by atoms with van der Waals surface area (Å²) in [5.74, 6) is 0. The summed E-state index contributed by atoms with van der Waals surface area (Å²) in [7, 11) is -4.38. The van der Waals surface area contributed by atoms with E-state index in [1.165, 1.54) is 0 Å². The van der Waals surface area contributed by atoms with E-state index < -0.39 is 14.1 Å². The standard InChI is InChI=1S/C10H24NO4P/c1-4-6-8-11(9-7-5-2)10(3)15-16(12,13)14/h10H,4-9H2,1-3H3,(H2,12,13,14). The van der Waals surface area contributed by atoms with Crippen LogP contribution in [-0.4, -0.2) is 34.0 Å². The Morgan fingerprint density at radius 1 is 1.19 bits per heavy atom. The predicted molar refractivity (Wildman–Crippen MR) is 64.0 cm³/mol. The van der Waals surface area contributed by atoms with Gasteiger partial charge in [0.15, 0.2) is 0 Å². The summed E-state index contributed by atoms with van der Waals surface area (Å²) in [6, 6.07) is 0. The number of unbranched alkanes of at least 4 members (excludes halogenated alkanes) is 2. The highest BCUT2D eigenvalue weighted by Gasteiger charge is 2.23. The summed E-state index contributed by atoms with van der Waals surface area (Å²) in [4.78, 5) is 19.5. The molecule has 98 valence electrons. The third kappa shape index (κ3) is 8.25. The molecular formula is C10H24NO4P. The summed E-state index contributed by atoms with van der Waals surface area (Å²) in [5, 5.41) is 0. The maximum atomic E-state index is 10.7. The Morgan fingerprint density at radius 2 is 1.62 bits per heavy atom. The zero-order valence-corrected chi connectivity index (χ0v) is 11.3. The highest BCUT2D eigenvalue weighted by atomic mass is 31.2. The zero-order chi connectivity index (χ0) is 12.6. The lowest BCUT2D eigenvalue weighted by Crippen LogP contribution is -2.36. The van der Waals surface area contributed by atoms with E-state index in [2.05, 4.69) is 18.4 Å². The molecule has 1 atom stereocenters. The van der Waals surface area contributed by atoms with Crippen molar-refractivity contribution < 1.29 is 18.9 Å². The van der Waals surface area contributed by atoms with Crippen molar-refractivity contribution in [3.05, 3.63) is 0 Å². The largest absolute Gasteiger partial charge is 0.471 e. The topological polar surface area (TPSA) is 70.0 Å². The third-order valence-corrected chi connectivity index (χ3v) is 2.98. The molecule has 0 aliphatic heterocycles. The van der Waals surface area contributed by atoms with Gasteiger partial charge in [-0.15, -0.1) is 0 Å². The van der Waals surface area contributed by atoms with Gasteiger partial charge in [-0.1, -0.05) is 26.7 Å². The molecule has 0 heterocycles. The second-order valence-electron chi connectivity index (χ2n) is 3.94. The Hall–Kier alpha value is 0.0700. The van der Waals surface area contributed by atoms with E-state index in [1.54, 1.807) is 6.92 Å². The number of phosphoric ester groups is 1. The maximum Gasteiger partial charge on any atom is 0.471 e. The Labute approximate surface area is 98.0 Å². The van der Waals surface area contributed by atoms with Crippen molar-refractivity contribution in [3.63, 3.8) is 0 Å². The van der Waals surface area contributed by atoms with Crippen LogP contribution in [0.1, 0.15) is 46.5 Å². The first-order chi connectivity index (χ1) is 7.40. The van der Waals surface area contributed by atoms with Gasteiger partial charge in [-0.2, -0.15) is 0 Å². The highest BCUT2D eigenvalue weighted by molar-refractivity contribution is 7.46. The van der Waals surface area contributed by atoms with Crippen molar-refractivity contribution in [3.8, 4) is 0 Å². The van der Waals surface area contributed by atoms with Crippen molar-refractivity contribution in [1.29, 1.82) is 0 Å². The van der Waals surface area contributed by atoms with Crippen LogP contribution in [0.2, 0.25) is 0 Å². The van der Waals surface area contributed by atoms with E-state index >= 15 is 0 Å². The summed E-state index contributed by atoms with van der Waals surface area (Å²) in [6.07, 6.45) is 3.62. The highest BCUT2D eigenvalue weighted by Crippen LogP contribution is 2.38. The fourth-order valence-corrected chi connectivity index (χ4v) is 1.99. The second kappa shape index (κ2) is 8.20. The van der Waals surface area contributed by atoms with Crippen LogP contribution in [0.15, 0.2) is 0 Å². The first-order valence-corrected chi connectivity index (χ1v) is 7.41. The molecule has 0 spiro atoms. The maximum absolute atomic E-state index is 10.7. The van der Waals surface area contributed by atoms with Crippen LogP contribution in [0, 0.1) is 0 Å². The Balaban J connectivity index is 4.19. The molecule has 0 aromatic heterocycles. The number of nitrogens with zero attached hydrogens (tertiary/aromatic N) is 1. The van der Waals surface area contributed by atoms with Crippen LogP contribution in [0.3, 0.4) is 0 Å². The molecule has 6 heteroatoms. The molecule has 0 saturated heterocycles. The Bertz CT molecular complexity index is 211. The summed E-state index contributed by atoms with van der Waals surface area (Å²) >= 11 is 0. The average Bonchev–Trinajstić information content (AvgIpc) is 2.15. The number of phosphoric acid groups is 1. The summed E-state index contributed by atoms with van der Waals surface area (Å²) in [5.41, 5.74) is 0. The quantitative estimate of drug-likeness (QED) is 0.487. The van der Waals surface area contributed by atoms with Gasteiger partial charge < -0.3 is 9.79 Å². The van der Waals surface area contributed by atoms with E-state index in [0.29, 0.717) is 0 Å². The van der Waals surface area contributed by atoms with Crippen molar-refractivity contribution in [2.45, 2.75) is 52.7 Å². The molecule has 0 aromatic rings. The SMILES string of the molecule is CCCCN(CCCC)C(C)OP(=O)(O)O. The van der Waals surface area contributed by atoms with Crippen molar-refractivity contribution in [2.75, 3.05) is 13.1 Å². The summed E-state index contributed by atoms with van der Waals surface area (Å²) in [6.45, 7) is 7.50. The van der Waals surface area contributed by atoms with Crippen molar-refractivity contribution in [1.82, 2.24) is 4.90 Å². The predicted octanol–water partition coefficient (Wildman–Crippen LogP) is 2.34. The lowest BCUT2D eigenvalue weighted by molar-refractivity contribution is 0.0144. The van der Waals surface area contributed by atoms with Crippen LogP contribution >= 0.6 is 7.82 Å². The zero-order valence-electron chi connectivity index (χ0n) is 10.4. The monoisotopic (exact) mass is 253 g/mol.